The first-order valence-electron chi connectivity index (χ1n) is 7.00. The molecule has 1 amide bonds. The van der Waals surface area contributed by atoms with Crippen LogP contribution in [0.4, 0.5) is 5.69 Å². The smallest absolute Gasteiger partial charge is 0.264 e. The number of carbonyl (C=O) groups excluding carboxylic acids is 1. The minimum absolute atomic E-state index is 0.00147. The summed E-state index contributed by atoms with van der Waals surface area (Å²) in [6, 6.07) is 10.3. The van der Waals surface area contributed by atoms with Crippen LogP contribution in [0.15, 0.2) is 47.4 Å². The van der Waals surface area contributed by atoms with Gasteiger partial charge in [-0.2, -0.15) is 0 Å². The predicted molar refractivity (Wildman–Crippen MR) is 89.2 cm³/mol. The Hall–Kier alpha value is -2.42. The molecule has 0 fully saturated rings. The fraction of sp³-hybridized carbons (Fsp3) is 0.188. The number of sulfonamides is 1. The molecule has 0 saturated heterocycles. The van der Waals surface area contributed by atoms with E-state index in [4.69, 9.17) is 0 Å². The average molecular weight is 350 g/mol. The Labute approximate surface area is 140 Å². The molecule has 0 saturated carbocycles. The third-order valence-electron chi connectivity index (χ3n) is 3.41. The zero-order valence-electron chi connectivity index (χ0n) is 13.5. The molecular weight excluding hydrogens is 332 g/mol. The Balaban J connectivity index is 2.20. The lowest BCUT2D eigenvalue weighted by molar-refractivity contribution is -0.0258. The zero-order valence-corrected chi connectivity index (χ0v) is 14.3. The highest BCUT2D eigenvalue weighted by molar-refractivity contribution is 7.89. The van der Waals surface area contributed by atoms with E-state index in [-0.39, 0.29) is 21.9 Å². The second kappa shape index (κ2) is 7.00. The monoisotopic (exact) mass is 350 g/mol. The van der Waals surface area contributed by atoms with Crippen molar-refractivity contribution in [3.05, 3.63) is 53.6 Å². The van der Waals surface area contributed by atoms with Gasteiger partial charge in [0.1, 0.15) is 5.75 Å². The van der Waals surface area contributed by atoms with Crippen molar-refractivity contribution in [1.82, 2.24) is 4.47 Å². The summed E-state index contributed by atoms with van der Waals surface area (Å²) in [6.45, 7) is 1.82. The highest BCUT2D eigenvalue weighted by Gasteiger charge is 2.21. The molecule has 0 radical (unpaired) electrons. The second-order valence-electron chi connectivity index (χ2n) is 5.10. The molecule has 0 aromatic heterocycles. The number of rotatable bonds is 5. The standard InChI is InChI=1S/C16H18N2O5S/c1-11-4-9-14(15(19)10-11)17-16(20)12-5-7-13(8-6-12)24(21,22)18(2)23-3/h4-10,19H,1-3H3,(H,17,20). The first-order chi connectivity index (χ1) is 11.3. The fourth-order valence-corrected chi connectivity index (χ4v) is 2.94. The van der Waals surface area contributed by atoms with Crippen LogP contribution >= 0.6 is 0 Å². The Morgan fingerprint density at radius 2 is 1.79 bits per heavy atom. The molecular formula is C16H18N2O5S. The molecule has 2 N–H and O–H groups in total. The Bertz CT molecular complexity index is 847. The van der Waals surface area contributed by atoms with E-state index < -0.39 is 15.9 Å². The number of phenolic OH excluding ortho intramolecular Hbond substituents is 1. The van der Waals surface area contributed by atoms with E-state index >= 15 is 0 Å². The van der Waals surface area contributed by atoms with E-state index in [0.717, 1.165) is 10.0 Å². The molecule has 7 nitrogen and oxygen atoms in total. The third-order valence-corrected chi connectivity index (χ3v) is 5.11. The number of benzene rings is 2. The van der Waals surface area contributed by atoms with Crippen molar-refractivity contribution in [1.29, 1.82) is 0 Å². The summed E-state index contributed by atoms with van der Waals surface area (Å²) in [5, 5.41) is 12.4. The third kappa shape index (κ3) is 3.73. The minimum atomic E-state index is -3.76. The number of nitrogens with one attached hydrogen (secondary N) is 1. The van der Waals surface area contributed by atoms with Crippen molar-refractivity contribution >= 4 is 21.6 Å². The van der Waals surface area contributed by atoms with Gasteiger partial charge in [-0.3, -0.25) is 9.63 Å². The van der Waals surface area contributed by atoms with Gasteiger partial charge in [0.25, 0.3) is 15.9 Å². The molecule has 2 aromatic rings. The summed E-state index contributed by atoms with van der Waals surface area (Å²) in [7, 11) is -1.25. The summed E-state index contributed by atoms with van der Waals surface area (Å²) < 4.78 is 24.9. The zero-order chi connectivity index (χ0) is 17.9. The molecule has 0 aliphatic rings. The van der Waals surface area contributed by atoms with Gasteiger partial charge in [0, 0.05) is 12.6 Å². The van der Waals surface area contributed by atoms with E-state index in [1.165, 1.54) is 44.5 Å². The Morgan fingerprint density at radius 1 is 1.17 bits per heavy atom. The Kier molecular flexibility index (Phi) is 5.23. The topological polar surface area (TPSA) is 95.9 Å². The first kappa shape index (κ1) is 17.9. The number of aryl methyl sites for hydroxylation is 1. The van der Waals surface area contributed by atoms with Gasteiger partial charge in [-0.05, 0) is 48.9 Å². The van der Waals surface area contributed by atoms with Crippen LogP contribution in [0.3, 0.4) is 0 Å². The van der Waals surface area contributed by atoms with Gasteiger partial charge >= 0.3 is 0 Å². The van der Waals surface area contributed by atoms with Gasteiger partial charge < -0.3 is 10.4 Å². The average Bonchev–Trinajstić information content (AvgIpc) is 2.56. The van der Waals surface area contributed by atoms with E-state index in [2.05, 4.69) is 10.2 Å². The van der Waals surface area contributed by atoms with Crippen LogP contribution in [-0.4, -0.2) is 38.1 Å². The number of carbonyl (C=O) groups is 1. The number of amides is 1. The minimum Gasteiger partial charge on any atom is -0.506 e. The quantitative estimate of drug-likeness (QED) is 0.636. The van der Waals surface area contributed by atoms with Gasteiger partial charge in [-0.25, -0.2) is 8.42 Å². The van der Waals surface area contributed by atoms with Crippen LogP contribution in [-0.2, 0) is 14.9 Å². The lowest BCUT2D eigenvalue weighted by Gasteiger charge is -2.14. The molecule has 2 rings (SSSR count). The van der Waals surface area contributed by atoms with Crippen LogP contribution < -0.4 is 5.32 Å². The maximum atomic E-state index is 12.2. The molecule has 24 heavy (non-hydrogen) atoms. The number of hydrogen-bond acceptors (Lipinski definition) is 5. The molecule has 0 heterocycles. The van der Waals surface area contributed by atoms with Crippen LogP contribution in [0, 0.1) is 6.92 Å². The SMILES string of the molecule is CON(C)S(=O)(=O)c1ccc(C(=O)Nc2ccc(C)cc2O)cc1. The predicted octanol–water partition coefficient (Wildman–Crippen LogP) is 2.13. The molecule has 128 valence electrons. The summed E-state index contributed by atoms with van der Waals surface area (Å²) in [4.78, 5) is 16.9. The van der Waals surface area contributed by atoms with Crippen LogP contribution in [0.5, 0.6) is 5.75 Å². The first-order valence-corrected chi connectivity index (χ1v) is 8.44. The van der Waals surface area contributed by atoms with Gasteiger partial charge in [-0.15, -0.1) is 0 Å². The largest absolute Gasteiger partial charge is 0.506 e. The highest BCUT2D eigenvalue weighted by Crippen LogP contribution is 2.24. The van der Waals surface area contributed by atoms with Gasteiger partial charge in [0.05, 0.1) is 17.7 Å². The normalized spacial score (nSPS) is 11.5. The summed E-state index contributed by atoms with van der Waals surface area (Å²) >= 11 is 0. The summed E-state index contributed by atoms with van der Waals surface area (Å²) in [6.07, 6.45) is 0. The number of hydrogen-bond donors (Lipinski definition) is 2. The molecule has 0 atom stereocenters. The van der Waals surface area contributed by atoms with E-state index in [9.17, 15) is 18.3 Å². The number of anilines is 1. The van der Waals surface area contributed by atoms with Crippen molar-refractivity contribution in [3.8, 4) is 5.75 Å². The Morgan fingerprint density at radius 3 is 2.33 bits per heavy atom. The van der Waals surface area contributed by atoms with Crippen molar-refractivity contribution in [2.75, 3.05) is 19.5 Å². The van der Waals surface area contributed by atoms with Crippen molar-refractivity contribution in [2.24, 2.45) is 0 Å². The van der Waals surface area contributed by atoms with Crippen molar-refractivity contribution in [2.45, 2.75) is 11.8 Å². The van der Waals surface area contributed by atoms with E-state index in [1.54, 1.807) is 12.1 Å². The summed E-state index contributed by atoms with van der Waals surface area (Å²) in [5.74, 6) is -0.498. The van der Waals surface area contributed by atoms with Gasteiger partial charge in [-0.1, -0.05) is 10.5 Å². The van der Waals surface area contributed by atoms with Crippen molar-refractivity contribution < 1.29 is 23.2 Å². The maximum Gasteiger partial charge on any atom is 0.264 e. The summed E-state index contributed by atoms with van der Waals surface area (Å²) in [5.41, 5.74) is 1.40. The van der Waals surface area contributed by atoms with Gasteiger partial charge in [0.2, 0.25) is 0 Å². The number of phenols is 1. The fourth-order valence-electron chi connectivity index (χ4n) is 1.97. The van der Waals surface area contributed by atoms with Crippen LogP contribution in [0.25, 0.3) is 0 Å². The molecule has 0 aliphatic heterocycles. The van der Waals surface area contributed by atoms with E-state index in [0.29, 0.717) is 0 Å². The molecule has 0 aliphatic carbocycles. The number of nitrogens with zero attached hydrogens (tertiary/aromatic N) is 1. The van der Waals surface area contributed by atoms with Crippen molar-refractivity contribution in [3.63, 3.8) is 0 Å². The number of aromatic hydroxyl groups is 1. The molecule has 2 aromatic carbocycles. The number of hydroxylamine groups is 1. The van der Waals surface area contributed by atoms with Crippen LogP contribution in [0.1, 0.15) is 15.9 Å². The molecule has 0 bridgehead atoms. The molecule has 0 spiro atoms. The lowest BCUT2D eigenvalue weighted by Crippen LogP contribution is -2.25. The maximum absolute atomic E-state index is 12.2. The molecule has 8 heteroatoms. The molecule has 0 unspecified atom stereocenters. The van der Waals surface area contributed by atoms with E-state index in [1.807, 2.05) is 6.92 Å². The van der Waals surface area contributed by atoms with Gasteiger partial charge in [0.15, 0.2) is 0 Å². The lowest BCUT2D eigenvalue weighted by atomic mass is 10.2. The van der Waals surface area contributed by atoms with Crippen LogP contribution in [0.2, 0.25) is 0 Å². The second-order valence-corrected chi connectivity index (χ2v) is 7.03. The highest BCUT2D eigenvalue weighted by atomic mass is 32.2.